The third kappa shape index (κ3) is 7.19. The van der Waals surface area contributed by atoms with E-state index < -0.39 is 0 Å². The van der Waals surface area contributed by atoms with Gasteiger partial charge in [-0.05, 0) is 42.4 Å². The van der Waals surface area contributed by atoms with Crippen LogP contribution in [-0.4, -0.2) is 49.3 Å². The second kappa shape index (κ2) is 16.9. The van der Waals surface area contributed by atoms with Crippen LogP contribution < -0.4 is 10.1 Å². The second-order valence-electron chi connectivity index (χ2n) is 7.92. The number of nitrogens with zero attached hydrogens (tertiary/aromatic N) is 1. The van der Waals surface area contributed by atoms with E-state index in [1.54, 1.807) is 20.4 Å². The van der Waals surface area contributed by atoms with E-state index >= 15 is 0 Å². The molecule has 1 amide bonds. The molecule has 1 aromatic heterocycles. The SMILES string of the molecule is C.CC.CCC1CN2CCc3c([nH]c4cccc(OC)c34)C2CC1/C(=C\O[S-])C(=O)NC.C[S-].[U+2]. The van der Waals surface area contributed by atoms with E-state index in [0.29, 0.717) is 11.5 Å². The maximum absolute atomic E-state index is 12.5. The molecule has 4 rings (SSSR count). The average Bonchev–Trinajstić information content (AvgIpc) is 3.27. The van der Waals surface area contributed by atoms with Gasteiger partial charge >= 0.3 is 31.1 Å². The molecule has 2 aliphatic heterocycles. The minimum absolute atomic E-state index is 0. The minimum Gasteiger partial charge on any atom is -0.796 e. The fourth-order valence-corrected chi connectivity index (χ4v) is 5.36. The third-order valence-corrected chi connectivity index (χ3v) is 6.77. The molecular weight excluding hydrogens is 704 g/mol. The molecule has 3 unspecified atom stereocenters. The first kappa shape index (κ1) is 34.3. The van der Waals surface area contributed by atoms with Crippen molar-refractivity contribution in [3.63, 3.8) is 0 Å². The summed E-state index contributed by atoms with van der Waals surface area (Å²) in [6.45, 7) is 8.17. The van der Waals surface area contributed by atoms with Gasteiger partial charge in [0.05, 0.1) is 25.0 Å². The summed E-state index contributed by atoms with van der Waals surface area (Å²) >= 11 is 8.79. The number of aromatic nitrogens is 1. The van der Waals surface area contributed by atoms with Crippen molar-refractivity contribution in [1.82, 2.24) is 15.2 Å². The van der Waals surface area contributed by atoms with Crippen LogP contribution in [0.1, 0.15) is 58.3 Å². The van der Waals surface area contributed by atoms with Gasteiger partial charge in [-0.15, -0.1) is 0 Å². The van der Waals surface area contributed by atoms with E-state index in [1.165, 1.54) is 22.9 Å². The van der Waals surface area contributed by atoms with E-state index in [4.69, 9.17) is 21.8 Å². The summed E-state index contributed by atoms with van der Waals surface area (Å²) in [5.41, 5.74) is 4.36. The van der Waals surface area contributed by atoms with Crippen LogP contribution in [0.15, 0.2) is 30.0 Å². The number of nitrogens with one attached hydrogen (secondary N) is 2. The normalized spacial score (nSPS) is 20.8. The molecule has 0 saturated carbocycles. The van der Waals surface area contributed by atoms with Crippen molar-refractivity contribution in [3.8, 4) is 5.75 Å². The van der Waals surface area contributed by atoms with Crippen molar-refractivity contribution in [2.45, 2.75) is 53.5 Å². The average molecular weight is 746 g/mol. The van der Waals surface area contributed by atoms with Gasteiger partial charge in [-0.2, -0.15) is 6.26 Å². The van der Waals surface area contributed by atoms with Gasteiger partial charge in [0, 0.05) is 36.7 Å². The number of H-pyrrole nitrogens is 1. The number of piperidine rings is 1. The van der Waals surface area contributed by atoms with Crippen molar-refractivity contribution >= 4 is 42.3 Å². The monoisotopic (exact) mass is 745 g/mol. The van der Waals surface area contributed by atoms with E-state index in [0.717, 1.165) is 43.6 Å². The first-order valence-electron chi connectivity index (χ1n) is 11.7. The van der Waals surface area contributed by atoms with Gasteiger partial charge < -0.3 is 44.8 Å². The summed E-state index contributed by atoms with van der Waals surface area (Å²) in [5.74, 6) is 1.29. The number of methoxy groups -OCH3 is 1. The number of likely N-dealkylation sites (N-methyl/N-ethyl adjacent to an activating group) is 1. The molecule has 3 heterocycles. The van der Waals surface area contributed by atoms with Gasteiger partial charge in [0.2, 0.25) is 5.91 Å². The molecule has 2 aromatic rings. The maximum atomic E-state index is 12.5. The van der Waals surface area contributed by atoms with Crippen LogP contribution in [0, 0.1) is 42.9 Å². The molecule has 194 valence electrons. The van der Waals surface area contributed by atoms with Gasteiger partial charge in [0.25, 0.3) is 0 Å². The van der Waals surface area contributed by atoms with Gasteiger partial charge in [-0.25, -0.2) is 0 Å². The van der Waals surface area contributed by atoms with E-state index in [-0.39, 0.29) is 56.4 Å². The molecule has 3 atom stereocenters. The van der Waals surface area contributed by atoms with E-state index in [1.807, 2.05) is 26.0 Å². The second-order valence-corrected chi connectivity index (χ2v) is 8.11. The molecule has 1 saturated heterocycles. The van der Waals surface area contributed by atoms with Gasteiger partial charge in [-0.1, -0.05) is 40.7 Å². The fraction of sp³-hybridized carbons (Fsp3) is 0.577. The first-order chi connectivity index (χ1) is 16.1. The van der Waals surface area contributed by atoms with Gasteiger partial charge in [0.15, 0.2) is 0 Å². The van der Waals surface area contributed by atoms with E-state index in [2.05, 4.69) is 40.8 Å². The number of ether oxygens (including phenoxy) is 1. The van der Waals surface area contributed by atoms with Crippen molar-refractivity contribution < 1.29 is 44.8 Å². The molecule has 6 nitrogen and oxygen atoms in total. The molecule has 0 aliphatic carbocycles. The van der Waals surface area contributed by atoms with Crippen LogP contribution in [0.25, 0.3) is 10.9 Å². The molecule has 0 spiro atoms. The van der Waals surface area contributed by atoms with Crippen molar-refractivity contribution in [3.05, 3.63) is 41.3 Å². The number of rotatable bonds is 5. The number of hydrogen-bond donors (Lipinski definition) is 2. The Morgan fingerprint density at radius 1 is 1.31 bits per heavy atom. The topological polar surface area (TPSA) is 66.6 Å². The Morgan fingerprint density at radius 3 is 2.57 bits per heavy atom. The van der Waals surface area contributed by atoms with Crippen LogP contribution in [0.2, 0.25) is 0 Å². The van der Waals surface area contributed by atoms with Crippen molar-refractivity contribution in [2.24, 2.45) is 11.8 Å². The summed E-state index contributed by atoms with van der Waals surface area (Å²) in [6, 6.07) is 6.39. The number of carbonyl (C=O) groups is 1. The third-order valence-electron chi connectivity index (χ3n) is 6.67. The smallest absolute Gasteiger partial charge is 0.796 e. The zero-order chi connectivity index (χ0) is 24.5. The molecule has 0 bridgehead atoms. The summed E-state index contributed by atoms with van der Waals surface area (Å²) < 4.78 is 10.5. The van der Waals surface area contributed by atoms with Crippen LogP contribution in [0.5, 0.6) is 5.75 Å². The van der Waals surface area contributed by atoms with Crippen molar-refractivity contribution in [1.29, 1.82) is 0 Å². The minimum atomic E-state index is -0.110. The van der Waals surface area contributed by atoms with Crippen LogP contribution in [0.3, 0.4) is 0 Å². The number of carbonyl (C=O) groups excluding carboxylic acids is 1. The number of hydrogen-bond acceptors (Lipinski definition) is 6. The molecule has 35 heavy (non-hydrogen) atoms. The van der Waals surface area contributed by atoms with Crippen molar-refractivity contribution in [2.75, 3.05) is 33.5 Å². The predicted octanol–water partition coefficient (Wildman–Crippen LogP) is 5.06. The summed E-state index contributed by atoms with van der Waals surface area (Å²) in [6.07, 6.45) is 5.90. The van der Waals surface area contributed by atoms with Gasteiger partial charge in [0.1, 0.15) is 5.75 Å². The Hall–Kier alpha value is -0.718. The molecule has 9 heteroatoms. The molecule has 1 aromatic carbocycles. The molecule has 0 radical (unpaired) electrons. The number of benzene rings is 1. The number of amides is 1. The summed E-state index contributed by atoms with van der Waals surface area (Å²) in [7, 11) is 3.37. The van der Waals surface area contributed by atoms with Crippen LogP contribution in [-0.2, 0) is 40.9 Å². The fourth-order valence-electron chi connectivity index (χ4n) is 5.26. The maximum Gasteiger partial charge on any atom is 2.00 e. The zero-order valence-electron chi connectivity index (χ0n) is 21.1. The largest absolute Gasteiger partial charge is 2.00 e. The Kier molecular flexibility index (Phi) is 16.6. The Balaban J connectivity index is 0.00000183. The standard InChI is InChI=1S/C22H29N3O3S.C2H6.CH4S.CH4.U/c1-4-13-11-25-9-8-14-20-17(6-5-7-19(20)27-3)24-21(14)18(25)10-15(13)16(12-28-29)22(26)23-2;2*1-2;;/h5-7,12-13,15,18,24,29H,4,8-11H2,1-3H3,(H,23,26);1-2H3;2H,1H3;1H4;/q;;;;+2/p-2/b16-12+;;;;. The van der Waals surface area contributed by atoms with E-state index in [9.17, 15) is 4.79 Å². The van der Waals surface area contributed by atoms with Crippen LogP contribution in [0.4, 0.5) is 0 Å². The Labute approximate surface area is 246 Å². The number of fused-ring (bicyclic) bond motifs is 5. The quantitative estimate of drug-likeness (QED) is 0.254. The summed E-state index contributed by atoms with van der Waals surface area (Å²) in [4.78, 5) is 18.8. The predicted molar refractivity (Wildman–Crippen MR) is 147 cm³/mol. The first-order valence-corrected chi connectivity index (χ1v) is 12.8. The van der Waals surface area contributed by atoms with Crippen LogP contribution >= 0.6 is 0 Å². The molecule has 1 fully saturated rings. The van der Waals surface area contributed by atoms with Gasteiger partial charge in [-0.3, -0.25) is 9.69 Å². The molecule has 2 aliphatic rings. The number of aromatic amines is 1. The summed E-state index contributed by atoms with van der Waals surface area (Å²) in [5, 5.41) is 3.94. The zero-order valence-corrected chi connectivity index (χ0v) is 26.9. The molecule has 2 N–H and O–H groups in total. The Bertz CT molecular complexity index is 951. The Morgan fingerprint density at radius 2 is 2.00 bits per heavy atom. The molecular formula is C26H41N3O3S2U.